The topological polar surface area (TPSA) is 34.1 Å². The molecule has 0 aliphatic heterocycles. The maximum absolute atomic E-state index is 11.4. The fourth-order valence-electron chi connectivity index (χ4n) is 1.55. The molecular formula is C13H16O2. The first kappa shape index (κ1) is 11.6. The maximum Gasteiger partial charge on any atom is 0.137 e. The van der Waals surface area contributed by atoms with Crippen LogP contribution in [0.15, 0.2) is 30.3 Å². The number of carbonyl (C=O) groups is 2. The van der Waals surface area contributed by atoms with Crippen molar-refractivity contribution in [3.8, 4) is 0 Å². The summed E-state index contributed by atoms with van der Waals surface area (Å²) in [6.45, 7) is 3.37. The summed E-state index contributed by atoms with van der Waals surface area (Å²) in [5, 5.41) is 0. The van der Waals surface area contributed by atoms with E-state index in [1.807, 2.05) is 37.3 Å². The molecule has 15 heavy (non-hydrogen) atoms. The minimum Gasteiger partial charge on any atom is -0.300 e. The molecule has 0 spiro atoms. The molecule has 2 heteroatoms. The monoisotopic (exact) mass is 204 g/mol. The number of rotatable bonds is 5. The second-order valence-electron chi connectivity index (χ2n) is 3.67. The highest BCUT2D eigenvalue weighted by molar-refractivity contribution is 5.90. The van der Waals surface area contributed by atoms with Gasteiger partial charge in [-0.3, -0.25) is 9.59 Å². The van der Waals surface area contributed by atoms with Gasteiger partial charge in [0.15, 0.2) is 0 Å². The Morgan fingerprint density at radius 1 is 1.20 bits per heavy atom. The molecule has 1 aromatic rings. The third-order valence-corrected chi connectivity index (χ3v) is 2.52. The van der Waals surface area contributed by atoms with Gasteiger partial charge in [0.1, 0.15) is 11.6 Å². The molecule has 1 rings (SSSR count). The van der Waals surface area contributed by atoms with Gasteiger partial charge in [-0.15, -0.1) is 0 Å². The van der Waals surface area contributed by atoms with Gasteiger partial charge in [-0.2, -0.15) is 0 Å². The lowest BCUT2D eigenvalue weighted by Crippen LogP contribution is -2.13. The predicted octanol–water partition coefficient (Wildman–Crippen LogP) is 2.73. The molecule has 0 heterocycles. The van der Waals surface area contributed by atoms with Crippen molar-refractivity contribution >= 4 is 11.6 Å². The van der Waals surface area contributed by atoms with E-state index in [1.54, 1.807) is 6.92 Å². The van der Waals surface area contributed by atoms with E-state index in [0.29, 0.717) is 12.8 Å². The van der Waals surface area contributed by atoms with E-state index in [4.69, 9.17) is 0 Å². The van der Waals surface area contributed by atoms with E-state index in [9.17, 15) is 9.59 Å². The molecule has 0 radical (unpaired) electrons. The lowest BCUT2D eigenvalue weighted by molar-refractivity contribution is -0.124. The van der Waals surface area contributed by atoms with Crippen LogP contribution in [-0.4, -0.2) is 11.6 Å². The summed E-state index contributed by atoms with van der Waals surface area (Å²) < 4.78 is 0. The zero-order chi connectivity index (χ0) is 11.3. The minimum absolute atomic E-state index is 0.0583. The summed E-state index contributed by atoms with van der Waals surface area (Å²) in [7, 11) is 0. The SMILES string of the molecule is CCC(=O)C[C@H](C(C)=O)c1ccccc1. The summed E-state index contributed by atoms with van der Waals surface area (Å²) in [5.74, 6) is -0.0688. The molecule has 0 aliphatic carbocycles. The molecule has 0 bridgehead atoms. The first-order valence-electron chi connectivity index (χ1n) is 5.22. The maximum atomic E-state index is 11.4. The van der Waals surface area contributed by atoms with Crippen LogP contribution in [0, 0.1) is 0 Å². The molecule has 0 aliphatic rings. The second-order valence-corrected chi connectivity index (χ2v) is 3.67. The Bertz CT molecular complexity index is 341. The lowest BCUT2D eigenvalue weighted by atomic mass is 9.90. The van der Waals surface area contributed by atoms with E-state index >= 15 is 0 Å². The average Bonchev–Trinajstić information content (AvgIpc) is 2.26. The summed E-state index contributed by atoms with van der Waals surface area (Å²) in [4.78, 5) is 22.8. The number of hydrogen-bond donors (Lipinski definition) is 0. The third kappa shape index (κ3) is 3.31. The molecule has 1 atom stereocenters. The molecule has 0 aromatic heterocycles. The molecule has 80 valence electrons. The Morgan fingerprint density at radius 3 is 2.27 bits per heavy atom. The third-order valence-electron chi connectivity index (χ3n) is 2.52. The predicted molar refractivity (Wildman–Crippen MR) is 59.8 cm³/mol. The highest BCUT2D eigenvalue weighted by Gasteiger charge is 2.18. The van der Waals surface area contributed by atoms with E-state index in [-0.39, 0.29) is 17.5 Å². The summed E-state index contributed by atoms with van der Waals surface area (Å²) >= 11 is 0. The Hall–Kier alpha value is -1.44. The quantitative estimate of drug-likeness (QED) is 0.739. The summed E-state index contributed by atoms with van der Waals surface area (Å²) in [6, 6.07) is 9.48. The average molecular weight is 204 g/mol. The Labute approximate surface area is 90.3 Å². The van der Waals surface area contributed by atoms with Crippen molar-refractivity contribution in [3.05, 3.63) is 35.9 Å². The van der Waals surface area contributed by atoms with Crippen LogP contribution in [0.3, 0.4) is 0 Å². The van der Waals surface area contributed by atoms with Crippen molar-refractivity contribution in [2.24, 2.45) is 0 Å². The molecular weight excluding hydrogens is 188 g/mol. The molecule has 0 saturated heterocycles. The van der Waals surface area contributed by atoms with Crippen molar-refractivity contribution in [1.29, 1.82) is 0 Å². The molecule has 2 nitrogen and oxygen atoms in total. The fraction of sp³-hybridized carbons (Fsp3) is 0.385. The standard InChI is InChI=1S/C13H16O2/c1-3-12(15)9-13(10(2)14)11-7-5-4-6-8-11/h4-8,13H,3,9H2,1-2H3/t13-/m1/s1. The van der Waals surface area contributed by atoms with Crippen LogP contribution in [0.2, 0.25) is 0 Å². The summed E-state index contributed by atoms with van der Waals surface area (Å²) in [5.41, 5.74) is 0.937. The first-order valence-corrected chi connectivity index (χ1v) is 5.22. The van der Waals surface area contributed by atoms with E-state index in [1.165, 1.54) is 0 Å². The van der Waals surface area contributed by atoms with Crippen LogP contribution in [0.5, 0.6) is 0 Å². The van der Waals surface area contributed by atoms with E-state index in [0.717, 1.165) is 5.56 Å². The number of ketones is 2. The zero-order valence-electron chi connectivity index (χ0n) is 9.19. The molecule has 0 fully saturated rings. The van der Waals surface area contributed by atoms with Crippen LogP contribution in [0.4, 0.5) is 0 Å². The number of carbonyl (C=O) groups excluding carboxylic acids is 2. The van der Waals surface area contributed by atoms with Crippen molar-refractivity contribution < 1.29 is 9.59 Å². The van der Waals surface area contributed by atoms with Gasteiger partial charge in [-0.05, 0) is 12.5 Å². The Balaban J connectivity index is 2.84. The van der Waals surface area contributed by atoms with Gasteiger partial charge in [0.05, 0.1) is 0 Å². The number of hydrogen-bond acceptors (Lipinski definition) is 2. The van der Waals surface area contributed by atoms with E-state index < -0.39 is 0 Å². The van der Waals surface area contributed by atoms with Gasteiger partial charge in [-0.25, -0.2) is 0 Å². The first-order chi connectivity index (χ1) is 7.15. The molecule has 0 N–H and O–H groups in total. The van der Waals surface area contributed by atoms with Crippen LogP contribution < -0.4 is 0 Å². The molecule has 0 saturated carbocycles. The number of Topliss-reactive ketones (excluding diaryl/α,β-unsaturated/α-hetero) is 2. The van der Waals surface area contributed by atoms with Crippen molar-refractivity contribution in [1.82, 2.24) is 0 Å². The Kier molecular flexibility index (Phi) is 4.22. The van der Waals surface area contributed by atoms with Crippen LogP contribution in [-0.2, 0) is 9.59 Å². The van der Waals surface area contributed by atoms with Crippen LogP contribution >= 0.6 is 0 Å². The molecule has 0 unspecified atom stereocenters. The van der Waals surface area contributed by atoms with Gasteiger partial charge in [0.25, 0.3) is 0 Å². The van der Waals surface area contributed by atoms with Gasteiger partial charge in [0.2, 0.25) is 0 Å². The summed E-state index contributed by atoms with van der Waals surface area (Å²) in [6.07, 6.45) is 0.826. The normalized spacial score (nSPS) is 12.1. The van der Waals surface area contributed by atoms with Crippen LogP contribution in [0.25, 0.3) is 0 Å². The van der Waals surface area contributed by atoms with Gasteiger partial charge >= 0.3 is 0 Å². The highest BCUT2D eigenvalue weighted by atomic mass is 16.1. The van der Waals surface area contributed by atoms with Gasteiger partial charge < -0.3 is 0 Å². The van der Waals surface area contributed by atoms with Gasteiger partial charge in [-0.1, -0.05) is 37.3 Å². The number of benzene rings is 1. The van der Waals surface area contributed by atoms with Crippen molar-refractivity contribution in [2.75, 3.05) is 0 Å². The lowest BCUT2D eigenvalue weighted by Gasteiger charge is -2.12. The highest BCUT2D eigenvalue weighted by Crippen LogP contribution is 2.21. The van der Waals surface area contributed by atoms with Crippen LogP contribution in [0.1, 0.15) is 38.2 Å². The zero-order valence-corrected chi connectivity index (χ0v) is 9.19. The molecule has 0 amide bonds. The largest absolute Gasteiger partial charge is 0.300 e. The smallest absolute Gasteiger partial charge is 0.137 e. The fourth-order valence-corrected chi connectivity index (χ4v) is 1.55. The Morgan fingerprint density at radius 2 is 1.80 bits per heavy atom. The van der Waals surface area contributed by atoms with E-state index in [2.05, 4.69) is 0 Å². The van der Waals surface area contributed by atoms with Gasteiger partial charge in [0, 0.05) is 18.8 Å². The van der Waals surface area contributed by atoms with Crippen molar-refractivity contribution in [2.45, 2.75) is 32.6 Å². The second kappa shape index (κ2) is 5.44. The molecule has 1 aromatic carbocycles. The van der Waals surface area contributed by atoms with Crippen molar-refractivity contribution in [3.63, 3.8) is 0 Å². The minimum atomic E-state index is -0.265.